The monoisotopic (exact) mass is 233 g/mol. The Balaban J connectivity index is 2.63. The summed E-state index contributed by atoms with van der Waals surface area (Å²) in [5.41, 5.74) is 2.77. The Labute approximate surface area is 107 Å². The van der Waals surface area contributed by atoms with Gasteiger partial charge in [-0.15, -0.1) is 0 Å². The fourth-order valence-corrected chi connectivity index (χ4v) is 2.00. The lowest BCUT2D eigenvalue weighted by molar-refractivity contribution is 0.440. The predicted octanol–water partition coefficient (Wildman–Crippen LogP) is 4.47. The molecular formula is C16H27N. The number of rotatable bonds is 7. The van der Waals surface area contributed by atoms with Crippen LogP contribution >= 0.6 is 0 Å². The van der Waals surface area contributed by atoms with E-state index < -0.39 is 0 Å². The molecule has 0 aliphatic carbocycles. The van der Waals surface area contributed by atoms with Gasteiger partial charge in [-0.25, -0.2) is 0 Å². The molecule has 0 amide bonds. The van der Waals surface area contributed by atoms with E-state index in [0.29, 0.717) is 6.04 Å². The van der Waals surface area contributed by atoms with Crippen molar-refractivity contribution in [3.8, 4) is 0 Å². The molecular weight excluding hydrogens is 206 g/mol. The lowest BCUT2D eigenvalue weighted by atomic mass is 9.97. The van der Waals surface area contributed by atoms with Crippen molar-refractivity contribution in [2.24, 2.45) is 5.92 Å². The lowest BCUT2D eigenvalue weighted by Crippen LogP contribution is -2.22. The summed E-state index contributed by atoms with van der Waals surface area (Å²) in [6.07, 6.45) is 3.72. The first-order chi connectivity index (χ1) is 8.13. The van der Waals surface area contributed by atoms with E-state index in [1.54, 1.807) is 0 Å². The van der Waals surface area contributed by atoms with Crippen LogP contribution in [-0.2, 0) is 0 Å². The van der Waals surface area contributed by atoms with Crippen molar-refractivity contribution in [3.63, 3.8) is 0 Å². The molecule has 0 aliphatic rings. The average Bonchev–Trinajstić information content (AvgIpc) is 2.30. The maximum Gasteiger partial charge on any atom is 0.0320 e. The van der Waals surface area contributed by atoms with E-state index >= 15 is 0 Å². The highest BCUT2D eigenvalue weighted by molar-refractivity contribution is 5.24. The van der Waals surface area contributed by atoms with Crippen molar-refractivity contribution in [1.82, 2.24) is 5.32 Å². The van der Waals surface area contributed by atoms with Crippen molar-refractivity contribution in [3.05, 3.63) is 35.4 Å². The summed E-state index contributed by atoms with van der Waals surface area (Å²) >= 11 is 0. The summed E-state index contributed by atoms with van der Waals surface area (Å²) in [7, 11) is 0. The molecule has 96 valence electrons. The van der Waals surface area contributed by atoms with E-state index in [-0.39, 0.29) is 0 Å². The van der Waals surface area contributed by atoms with E-state index in [1.165, 1.54) is 30.4 Å². The van der Waals surface area contributed by atoms with Crippen LogP contribution < -0.4 is 5.32 Å². The minimum atomic E-state index is 0.526. The van der Waals surface area contributed by atoms with Crippen LogP contribution in [0.1, 0.15) is 57.2 Å². The Bertz CT molecular complexity index is 300. The zero-order chi connectivity index (χ0) is 12.7. The third-order valence-corrected chi connectivity index (χ3v) is 3.15. The van der Waals surface area contributed by atoms with Crippen LogP contribution in [0.3, 0.4) is 0 Å². The molecule has 0 saturated heterocycles. The SMILES string of the molecule is CCCNC(CCC(C)C)c1ccc(C)cc1. The van der Waals surface area contributed by atoms with Gasteiger partial charge in [0.1, 0.15) is 0 Å². The van der Waals surface area contributed by atoms with Crippen molar-refractivity contribution < 1.29 is 0 Å². The van der Waals surface area contributed by atoms with Gasteiger partial charge in [0.05, 0.1) is 0 Å². The Morgan fingerprint density at radius 1 is 1.06 bits per heavy atom. The van der Waals surface area contributed by atoms with Crippen LogP contribution in [0.25, 0.3) is 0 Å². The van der Waals surface area contributed by atoms with Gasteiger partial charge in [0.25, 0.3) is 0 Å². The molecule has 0 saturated carbocycles. The summed E-state index contributed by atoms with van der Waals surface area (Å²) in [6, 6.07) is 9.49. The Kier molecular flexibility index (Phi) is 6.28. The molecule has 1 rings (SSSR count). The minimum Gasteiger partial charge on any atom is -0.310 e. The van der Waals surface area contributed by atoms with Gasteiger partial charge in [-0.05, 0) is 44.2 Å². The van der Waals surface area contributed by atoms with Gasteiger partial charge in [0.15, 0.2) is 0 Å². The van der Waals surface area contributed by atoms with Gasteiger partial charge in [-0.1, -0.05) is 50.6 Å². The topological polar surface area (TPSA) is 12.0 Å². The predicted molar refractivity (Wildman–Crippen MR) is 76.3 cm³/mol. The molecule has 0 aromatic heterocycles. The number of hydrogen-bond acceptors (Lipinski definition) is 1. The zero-order valence-corrected chi connectivity index (χ0v) is 11.8. The molecule has 1 aromatic rings. The first-order valence-electron chi connectivity index (χ1n) is 6.93. The highest BCUT2D eigenvalue weighted by atomic mass is 14.9. The lowest BCUT2D eigenvalue weighted by Gasteiger charge is -2.20. The Morgan fingerprint density at radius 2 is 1.71 bits per heavy atom. The normalized spacial score (nSPS) is 13.0. The summed E-state index contributed by atoms with van der Waals surface area (Å²) < 4.78 is 0. The van der Waals surface area contributed by atoms with Gasteiger partial charge < -0.3 is 5.32 Å². The number of benzene rings is 1. The van der Waals surface area contributed by atoms with Gasteiger partial charge in [-0.2, -0.15) is 0 Å². The van der Waals surface area contributed by atoms with Crippen molar-refractivity contribution >= 4 is 0 Å². The Hall–Kier alpha value is -0.820. The first kappa shape index (κ1) is 14.2. The smallest absolute Gasteiger partial charge is 0.0320 e. The number of hydrogen-bond donors (Lipinski definition) is 1. The second kappa shape index (κ2) is 7.50. The van der Waals surface area contributed by atoms with Crippen molar-refractivity contribution in [1.29, 1.82) is 0 Å². The molecule has 1 heteroatoms. The molecule has 17 heavy (non-hydrogen) atoms. The van der Waals surface area contributed by atoms with Gasteiger partial charge in [0.2, 0.25) is 0 Å². The molecule has 1 aromatic carbocycles. The summed E-state index contributed by atoms with van der Waals surface area (Å²) in [5, 5.41) is 3.66. The standard InChI is InChI=1S/C16H27N/c1-5-12-17-16(11-6-13(2)3)15-9-7-14(4)8-10-15/h7-10,13,16-17H,5-6,11-12H2,1-4H3. The van der Waals surface area contributed by atoms with E-state index in [1.807, 2.05) is 0 Å². The maximum atomic E-state index is 3.66. The third-order valence-electron chi connectivity index (χ3n) is 3.15. The molecule has 1 unspecified atom stereocenters. The molecule has 1 nitrogen and oxygen atoms in total. The van der Waals surface area contributed by atoms with E-state index in [2.05, 4.69) is 57.3 Å². The van der Waals surface area contributed by atoms with Crippen LogP contribution in [-0.4, -0.2) is 6.54 Å². The average molecular weight is 233 g/mol. The summed E-state index contributed by atoms with van der Waals surface area (Å²) in [6.45, 7) is 10.1. The highest BCUT2D eigenvalue weighted by Gasteiger charge is 2.10. The molecule has 1 N–H and O–H groups in total. The van der Waals surface area contributed by atoms with Crippen LogP contribution in [0.4, 0.5) is 0 Å². The molecule has 0 radical (unpaired) electrons. The minimum absolute atomic E-state index is 0.526. The van der Waals surface area contributed by atoms with Crippen LogP contribution in [0.15, 0.2) is 24.3 Å². The number of nitrogens with one attached hydrogen (secondary N) is 1. The quantitative estimate of drug-likeness (QED) is 0.732. The molecule has 0 bridgehead atoms. The van der Waals surface area contributed by atoms with Crippen LogP contribution in [0.2, 0.25) is 0 Å². The number of aryl methyl sites for hydroxylation is 1. The van der Waals surface area contributed by atoms with Gasteiger partial charge >= 0.3 is 0 Å². The zero-order valence-electron chi connectivity index (χ0n) is 11.8. The fraction of sp³-hybridized carbons (Fsp3) is 0.625. The fourth-order valence-electron chi connectivity index (χ4n) is 2.00. The van der Waals surface area contributed by atoms with Gasteiger partial charge in [-0.3, -0.25) is 0 Å². The highest BCUT2D eigenvalue weighted by Crippen LogP contribution is 2.21. The summed E-state index contributed by atoms with van der Waals surface area (Å²) in [5.74, 6) is 0.784. The van der Waals surface area contributed by atoms with E-state index in [0.717, 1.165) is 12.5 Å². The van der Waals surface area contributed by atoms with Gasteiger partial charge in [0, 0.05) is 6.04 Å². The van der Waals surface area contributed by atoms with Crippen LogP contribution in [0, 0.1) is 12.8 Å². The second-order valence-electron chi connectivity index (χ2n) is 5.39. The molecule has 0 heterocycles. The molecule has 0 spiro atoms. The van der Waals surface area contributed by atoms with E-state index in [4.69, 9.17) is 0 Å². The summed E-state index contributed by atoms with van der Waals surface area (Å²) in [4.78, 5) is 0. The molecule has 0 aliphatic heterocycles. The third kappa shape index (κ3) is 5.36. The van der Waals surface area contributed by atoms with Crippen molar-refractivity contribution in [2.45, 2.75) is 53.0 Å². The maximum absolute atomic E-state index is 3.66. The first-order valence-corrected chi connectivity index (χ1v) is 6.93. The second-order valence-corrected chi connectivity index (χ2v) is 5.39. The van der Waals surface area contributed by atoms with E-state index in [9.17, 15) is 0 Å². The molecule has 1 atom stereocenters. The van der Waals surface area contributed by atoms with Crippen LogP contribution in [0.5, 0.6) is 0 Å². The largest absolute Gasteiger partial charge is 0.310 e. The Morgan fingerprint density at radius 3 is 2.24 bits per heavy atom. The van der Waals surface area contributed by atoms with Crippen molar-refractivity contribution in [2.75, 3.05) is 6.54 Å². The molecule has 0 fully saturated rings.